The van der Waals surface area contributed by atoms with Gasteiger partial charge >= 0.3 is 0 Å². The van der Waals surface area contributed by atoms with Gasteiger partial charge in [0, 0.05) is 13.1 Å². The second kappa shape index (κ2) is 8.14. The number of hydrogen-bond acceptors (Lipinski definition) is 3. The van der Waals surface area contributed by atoms with Crippen molar-refractivity contribution in [1.82, 2.24) is 9.80 Å². The molecule has 3 fully saturated rings. The van der Waals surface area contributed by atoms with Crippen LogP contribution in [0.4, 0.5) is 0 Å². The summed E-state index contributed by atoms with van der Waals surface area (Å²) in [7, 11) is 0. The lowest BCUT2D eigenvalue weighted by Crippen LogP contribution is -2.60. The van der Waals surface area contributed by atoms with E-state index < -0.39 is 0 Å². The van der Waals surface area contributed by atoms with Crippen molar-refractivity contribution >= 4 is 5.91 Å². The van der Waals surface area contributed by atoms with Crippen LogP contribution in [-0.2, 0) is 9.53 Å². The first-order valence-electron chi connectivity index (χ1n) is 8.88. The fourth-order valence-electron chi connectivity index (χ4n) is 3.51. The van der Waals surface area contributed by atoms with Gasteiger partial charge in [-0.15, -0.1) is 0 Å². The SMILES string of the molecule is CC.CC1CCN(C(=O)C2CCCCN2C2COC2)CC1. The van der Waals surface area contributed by atoms with Gasteiger partial charge in [0.2, 0.25) is 5.91 Å². The molecular formula is C17H32N2O2. The number of piperidine rings is 2. The third kappa shape index (κ3) is 3.98. The molecule has 1 amide bonds. The second-order valence-electron chi connectivity index (χ2n) is 6.45. The van der Waals surface area contributed by atoms with Gasteiger partial charge < -0.3 is 9.64 Å². The number of amides is 1. The molecule has 3 saturated heterocycles. The van der Waals surface area contributed by atoms with Crippen molar-refractivity contribution in [2.45, 2.75) is 65.0 Å². The van der Waals surface area contributed by atoms with Gasteiger partial charge in [-0.3, -0.25) is 9.69 Å². The molecule has 3 aliphatic rings. The first-order valence-corrected chi connectivity index (χ1v) is 8.88. The minimum atomic E-state index is 0.135. The minimum absolute atomic E-state index is 0.135. The molecule has 1 atom stereocenters. The van der Waals surface area contributed by atoms with E-state index in [0.29, 0.717) is 11.9 Å². The summed E-state index contributed by atoms with van der Waals surface area (Å²) < 4.78 is 5.31. The van der Waals surface area contributed by atoms with Gasteiger partial charge in [-0.2, -0.15) is 0 Å². The summed E-state index contributed by atoms with van der Waals surface area (Å²) in [4.78, 5) is 17.3. The normalized spacial score (nSPS) is 28.5. The number of ether oxygens (including phenoxy) is 1. The fourth-order valence-corrected chi connectivity index (χ4v) is 3.51. The van der Waals surface area contributed by atoms with E-state index in [1.165, 1.54) is 25.7 Å². The number of hydrogen-bond donors (Lipinski definition) is 0. The molecular weight excluding hydrogens is 264 g/mol. The zero-order chi connectivity index (χ0) is 15.2. The van der Waals surface area contributed by atoms with E-state index in [0.717, 1.165) is 45.2 Å². The third-order valence-electron chi connectivity index (χ3n) is 5.01. The Morgan fingerprint density at radius 1 is 1.00 bits per heavy atom. The Morgan fingerprint density at radius 2 is 1.67 bits per heavy atom. The van der Waals surface area contributed by atoms with Crippen molar-refractivity contribution in [3.05, 3.63) is 0 Å². The van der Waals surface area contributed by atoms with Crippen molar-refractivity contribution in [1.29, 1.82) is 0 Å². The number of rotatable bonds is 2. The van der Waals surface area contributed by atoms with E-state index in [1.54, 1.807) is 0 Å². The summed E-state index contributed by atoms with van der Waals surface area (Å²) in [6.45, 7) is 10.9. The molecule has 0 N–H and O–H groups in total. The summed E-state index contributed by atoms with van der Waals surface area (Å²) in [6, 6.07) is 0.633. The molecule has 1 unspecified atom stereocenters. The van der Waals surface area contributed by atoms with E-state index in [4.69, 9.17) is 4.74 Å². The number of likely N-dealkylation sites (tertiary alicyclic amines) is 2. The maximum atomic E-state index is 12.8. The Morgan fingerprint density at radius 3 is 2.24 bits per heavy atom. The molecule has 0 radical (unpaired) electrons. The topological polar surface area (TPSA) is 32.8 Å². The molecule has 0 spiro atoms. The van der Waals surface area contributed by atoms with Gasteiger partial charge in [-0.05, 0) is 38.1 Å². The predicted molar refractivity (Wildman–Crippen MR) is 85.3 cm³/mol. The van der Waals surface area contributed by atoms with Gasteiger partial charge in [-0.1, -0.05) is 27.2 Å². The summed E-state index contributed by atoms with van der Waals surface area (Å²) in [5, 5.41) is 0. The van der Waals surface area contributed by atoms with E-state index in [2.05, 4.69) is 16.7 Å². The van der Waals surface area contributed by atoms with Crippen molar-refractivity contribution in [2.75, 3.05) is 32.8 Å². The van der Waals surface area contributed by atoms with Crippen LogP contribution < -0.4 is 0 Å². The van der Waals surface area contributed by atoms with Crippen molar-refractivity contribution in [3.8, 4) is 0 Å². The molecule has 3 aliphatic heterocycles. The molecule has 3 rings (SSSR count). The summed E-state index contributed by atoms with van der Waals surface area (Å²) >= 11 is 0. The van der Waals surface area contributed by atoms with Gasteiger partial charge in [0.25, 0.3) is 0 Å². The molecule has 0 aliphatic carbocycles. The molecule has 0 saturated carbocycles. The molecule has 122 valence electrons. The van der Waals surface area contributed by atoms with Crippen LogP contribution in [0.2, 0.25) is 0 Å². The average molecular weight is 296 g/mol. The zero-order valence-corrected chi connectivity index (χ0v) is 14.0. The van der Waals surface area contributed by atoms with Gasteiger partial charge in [0.05, 0.1) is 25.3 Å². The maximum Gasteiger partial charge on any atom is 0.239 e. The van der Waals surface area contributed by atoms with Crippen LogP contribution in [0.25, 0.3) is 0 Å². The van der Waals surface area contributed by atoms with Gasteiger partial charge in [0.1, 0.15) is 0 Å². The van der Waals surface area contributed by atoms with Gasteiger partial charge in [-0.25, -0.2) is 0 Å². The summed E-state index contributed by atoms with van der Waals surface area (Å²) in [6.07, 6.45) is 5.82. The molecule has 0 aromatic rings. The number of carbonyl (C=O) groups is 1. The van der Waals surface area contributed by atoms with E-state index in [-0.39, 0.29) is 6.04 Å². The fraction of sp³-hybridized carbons (Fsp3) is 0.941. The molecule has 0 aromatic heterocycles. The Balaban J connectivity index is 0.000000774. The van der Waals surface area contributed by atoms with E-state index >= 15 is 0 Å². The second-order valence-corrected chi connectivity index (χ2v) is 6.45. The standard InChI is InChI=1S/C15H26N2O2.C2H6/c1-12-5-8-16(9-6-12)15(18)14-4-2-3-7-17(14)13-10-19-11-13;1-2/h12-14H,2-11H2,1H3;1-2H3. The lowest BCUT2D eigenvalue weighted by Gasteiger charge is -2.45. The monoisotopic (exact) mass is 296 g/mol. The van der Waals surface area contributed by atoms with Crippen LogP contribution >= 0.6 is 0 Å². The largest absolute Gasteiger partial charge is 0.378 e. The molecule has 3 heterocycles. The Labute approximate surface area is 129 Å². The average Bonchev–Trinajstić information content (AvgIpc) is 2.48. The Hall–Kier alpha value is -0.610. The van der Waals surface area contributed by atoms with Crippen molar-refractivity contribution in [2.24, 2.45) is 5.92 Å². The molecule has 4 nitrogen and oxygen atoms in total. The highest BCUT2D eigenvalue weighted by molar-refractivity contribution is 5.82. The summed E-state index contributed by atoms with van der Waals surface area (Å²) in [5.74, 6) is 1.17. The number of carbonyl (C=O) groups excluding carboxylic acids is 1. The molecule has 0 aromatic carbocycles. The quantitative estimate of drug-likeness (QED) is 0.785. The maximum absolute atomic E-state index is 12.8. The van der Waals surface area contributed by atoms with Crippen LogP contribution in [0.1, 0.15) is 52.9 Å². The highest BCUT2D eigenvalue weighted by atomic mass is 16.5. The van der Waals surface area contributed by atoms with Crippen LogP contribution in [0.3, 0.4) is 0 Å². The predicted octanol–water partition coefficient (Wildman–Crippen LogP) is 2.52. The first kappa shape index (κ1) is 16.8. The highest BCUT2D eigenvalue weighted by Gasteiger charge is 2.38. The minimum Gasteiger partial charge on any atom is -0.378 e. The van der Waals surface area contributed by atoms with E-state index in [1.807, 2.05) is 13.8 Å². The highest BCUT2D eigenvalue weighted by Crippen LogP contribution is 2.26. The van der Waals surface area contributed by atoms with Crippen molar-refractivity contribution < 1.29 is 9.53 Å². The lowest BCUT2D eigenvalue weighted by molar-refractivity contribution is -0.147. The molecule has 21 heavy (non-hydrogen) atoms. The van der Waals surface area contributed by atoms with Crippen LogP contribution in [0.15, 0.2) is 0 Å². The molecule has 0 bridgehead atoms. The molecule has 4 heteroatoms. The van der Waals surface area contributed by atoms with Crippen LogP contribution in [0.5, 0.6) is 0 Å². The first-order chi connectivity index (χ1) is 10.3. The van der Waals surface area contributed by atoms with E-state index in [9.17, 15) is 4.79 Å². The smallest absolute Gasteiger partial charge is 0.239 e. The summed E-state index contributed by atoms with van der Waals surface area (Å²) in [5.41, 5.74) is 0. The Kier molecular flexibility index (Phi) is 6.49. The van der Waals surface area contributed by atoms with Gasteiger partial charge in [0.15, 0.2) is 0 Å². The zero-order valence-electron chi connectivity index (χ0n) is 14.0. The van der Waals surface area contributed by atoms with Crippen LogP contribution in [0, 0.1) is 5.92 Å². The van der Waals surface area contributed by atoms with Crippen molar-refractivity contribution in [3.63, 3.8) is 0 Å². The Bertz CT molecular complexity index is 323. The van der Waals surface area contributed by atoms with Crippen LogP contribution in [-0.4, -0.2) is 60.6 Å². The lowest BCUT2D eigenvalue weighted by atomic mass is 9.95. The number of nitrogens with zero attached hydrogens (tertiary/aromatic N) is 2. The third-order valence-corrected chi connectivity index (χ3v) is 5.01.